The molecule has 0 radical (unpaired) electrons. The Labute approximate surface area is 32.2 Å². The smallest absolute Gasteiger partial charge is 0.0407 e. The monoisotopic (exact) mass is 89.0 g/mol. The second kappa shape index (κ2) is 3.74. The van der Waals surface area contributed by atoms with Crippen molar-refractivity contribution in [1.82, 2.24) is 0 Å². The van der Waals surface area contributed by atoms with Crippen molar-refractivity contribution in [1.29, 1.82) is 0 Å². The lowest BCUT2D eigenvalue weighted by atomic mass is 11.5. The van der Waals surface area contributed by atoms with Crippen LogP contribution in [-0.2, 0) is 0 Å². The molecule has 0 heterocycles. The van der Waals surface area contributed by atoms with E-state index in [2.05, 4.69) is 19.3 Å². The van der Waals surface area contributed by atoms with E-state index in [4.69, 9.17) is 5.53 Å². The topological polar surface area (TPSA) is 48.8 Å². The van der Waals surface area contributed by atoms with Crippen LogP contribution >= 0.6 is 9.24 Å². The Hall–Kier alpha value is -0.260. The molecular weight excluding hydrogens is 85.0 g/mol. The van der Waals surface area contributed by atoms with Gasteiger partial charge in [0.25, 0.3) is 0 Å². The molecule has 0 bridgehead atoms. The molecule has 0 aliphatic rings. The minimum absolute atomic E-state index is 0.469. The van der Waals surface area contributed by atoms with Crippen molar-refractivity contribution in [2.24, 2.45) is 5.11 Å². The Kier molecular flexibility index (Phi) is 3.55. The summed E-state index contributed by atoms with van der Waals surface area (Å²) in [5.41, 5.74) is 7.51. The van der Waals surface area contributed by atoms with E-state index in [1.165, 1.54) is 0 Å². The lowest BCUT2D eigenvalue weighted by Crippen LogP contribution is -1.43. The van der Waals surface area contributed by atoms with Gasteiger partial charge in [0.2, 0.25) is 0 Å². The van der Waals surface area contributed by atoms with E-state index >= 15 is 0 Å². The molecule has 1 unspecified atom stereocenters. The van der Waals surface area contributed by atoms with E-state index < -0.39 is 0 Å². The van der Waals surface area contributed by atoms with E-state index in [0.29, 0.717) is 6.29 Å². The SMILES string of the molecule is [N-]=[N+]=NCP. The molecule has 0 aliphatic carbocycles. The highest BCUT2D eigenvalue weighted by atomic mass is 31.0. The Morgan fingerprint density at radius 3 is 2.60 bits per heavy atom. The number of hydrogen-bond donors (Lipinski definition) is 0. The van der Waals surface area contributed by atoms with Crippen LogP contribution < -0.4 is 0 Å². The van der Waals surface area contributed by atoms with Gasteiger partial charge >= 0.3 is 0 Å². The van der Waals surface area contributed by atoms with Crippen LogP contribution in [0.25, 0.3) is 10.4 Å². The van der Waals surface area contributed by atoms with E-state index in [9.17, 15) is 0 Å². The molecule has 0 spiro atoms. The molecule has 0 rings (SSSR count). The standard InChI is InChI=1S/CH4N3P/c2-4-3-1-5/h1,5H2. The fraction of sp³-hybridized carbons (Fsp3) is 1.00. The fourth-order valence-corrected chi connectivity index (χ4v) is 0.110. The maximum absolute atomic E-state index is 7.51. The summed E-state index contributed by atoms with van der Waals surface area (Å²) in [5.74, 6) is 0. The highest BCUT2D eigenvalue weighted by Crippen LogP contribution is 1.77. The number of rotatable bonds is 1. The van der Waals surface area contributed by atoms with Crippen molar-refractivity contribution >= 4 is 9.24 Å². The first-order valence-corrected chi connectivity index (χ1v) is 1.94. The van der Waals surface area contributed by atoms with E-state index in [0.717, 1.165) is 0 Å². The molecule has 0 saturated carbocycles. The zero-order chi connectivity index (χ0) is 4.12. The van der Waals surface area contributed by atoms with Gasteiger partial charge in [0.15, 0.2) is 0 Å². The van der Waals surface area contributed by atoms with Crippen molar-refractivity contribution in [3.63, 3.8) is 0 Å². The average molecular weight is 89.0 g/mol. The third-order valence-electron chi connectivity index (χ3n) is 0.145. The molecule has 1 atom stereocenters. The van der Waals surface area contributed by atoms with Gasteiger partial charge in [-0.3, -0.25) is 0 Å². The van der Waals surface area contributed by atoms with Gasteiger partial charge in [-0.25, -0.2) is 0 Å². The van der Waals surface area contributed by atoms with Gasteiger partial charge in [0, 0.05) is 11.2 Å². The molecule has 0 aromatic carbocycles. The van der Waals surface area contributed by atoms with Crippen LogP contribution in [0.5, 0.6) is 0 Å². The number of hydrogen-bond acceptors (Lipinski definition) is 1. The van der Waals surface area contributed by atoms with Gasteiger partial charge in [0.1, 0.15) is 0 Å². The Balaban J connectivity index is 2.93. The normalized spacial score (nSPS) is 5.80. The Bertz CT molecular complexity index is 53.9. The van der Waals surface area contributed by atoms with Crippen molar-refractivity contribution in [2.45, 2.75) is 0 Å². The van der Waals surface area contributed by atoms with E-state index in [1.54, 1.807) is 0 Å². The second-order valence-electron chi connectivity index (χ2n) is 0.413. The summed E-state index contributed by atoms with van der Waals surface area (Å²) in [6.45, 7) is 0. The zero-order valence-corrected chi connectivity index (χ0v) is 3.78. The maximum Gasteiger partial charge on any atom is 0.0407 e. The molecule has 0 fully saturated rings. The van der Waals surface area contributed by atoms with Crippen LogP contribution in [0, 0.1) is 0 Å². The molecule has 0 amide bonds. The predicted molar refractivity (Wildman–Crippen MR) is 23.7 cm³/mol. The van der Waals surface area contributed by atoms with Crippen LogP contribution in [-0.4, -0.2) is 6.29 Å². The lowest BCUT2D eigenvalue weighted by molar-refractivity contribution is 1.34. The summed E-state index contributed by atoms with van der Waals surface area (Å²) in [6.07, 6.45) is 0.469. The molecule has 3 nitrogen and oxygen atoms in total. The largest absolute Gasteiger partial charge is 0.132 e. The van der Waals surface area contributed by atoms with Crippen LogP contribution in [0.2, 0.25) is 0 Å². The molecular formula is CH4N3P. The van der Waals surface area contributed by atoms with Gasteiger partial charge in [-0.1, -0.05) is 5.11 Å². The van der Waals surface area contributed by atoms with Crippen molar-refractivity contribution in [2.75, 3.05) is 6.29 Å². The minimum atomic E-state index is 0.469. The van der Waals surface area contributed by atoms with Crippen molar-refractivity contribution in [3.05, 3.63) is 10.4 Å². The highest BCUT2D eigenvalue weighted by molar-refractivity contribution is 7.16. The predicted octanol–water partition coefficient (Wildman–Crippen LogP) is 1.13. The third-order valence-corrected chi connectivity index (χ3v) is 0.308. The Morgan fingerprint density at radius 2 is 2.60 bits per heavy atom. The van der Waals surface area contributed by atoms with Gasteiger partial charge in [-0.05, 0) is 5.53 Å². The molecule has 28 valence electrons. The maximum atomic E-state index is 7.51. The molecule has 0 N–H and O–H groups in total. The number of azide groups is 1. The second-order valence-corrected chi connectivity index (χ2v) is 0.779. The van der Waals surface area contributed by atoms with E-state index in [-0.39, 0.29) is 0 Å². The van der Waals surface area contributed by atoms with Gasteiger partial charge in [-0.15, -0.1) is 9.24 Å². The first-order valence-electron chi connectivity index (χ1n) is 1.12. The van der Waals surface area contributed by atoms with E-state index in [1.807, 2.05) is 0 Å². The molecule has 4 heteroatoms. The lowest BCUT2D eigenvalue weighted by Gasteiger charge is -1.57. The van der Waals surface area contributed by atoms with Crippen molar-refractivity contribution < 1.29 is 0 Å². The van der Waals surface area contributed by atoms with Crippen LogP contribution in [0.15, 0.2) is 5.11 Å². The molecule has 0 aromatic heterocycles. The van der Waals surface area contributed by atoms with Gasteiger partial charge in [-0.2, -0.15) is 0 Å². The number of nitrogens with zero attached hydrogens (tertiary/aromatic N) is 3. The van der Waals surface area contributed by atoms with Crippen LogP contribution in [0.1, 0.15) is 0 Å². The quantitative estimate of drug-likeness (QED) is 0.200. The fourth-order valence-electron chi connectivity index (χ4n) is 0.0365. The summed E-state index contributed by atoms with van der Waals surface area (Å²) in [5, 5.41) is 3.12. The van der Waals surface area contributed by atoms with Crippen LogP contribution in [0.3, 0.4) is 0 Å². The summed E-state index contributed by atoms with van der Waals surface area (Å²) < 4.78 is 0. The molecule has 0 saturated heterocycles. The molecule has 0 aliphatic heterocycles. The first-order chi connectivity index (χ1) is 2.41. The zero-order valence-electron chi connectivity index (χ0n) is 2.63. The first kappa shape index (κ1) is 4.74. The molecule has 5 heavy (non-hydrogen) atoms. The summed E-state index contributed by atoms with van der Waals surface area (Å²) in [6, 6.07) is 0. The Morgan fingerprint density at radius 1 is 2.00 bits per heavy atom. The minimum Gasteiger partial charge on any atom is -0.132 e. The average Bonchev–Trinajstić information content (AvgIpc) is 1.41. The van der Waals surface area contributed by atoms with Gasteiger partial charge < -0.3 is 0 Å². The summed E-state index contributed by atoms with van der Waals surface area (Å²) in [4.78, 5) is 2.46. The van der Waals surface area contributed by atoms with Crippen LogP contribution in [0.4, 0.5) is 0 Å². The van der Waals surface area contributed by atoms with Gasteiger partial charge in [0.05, 0.1) is 0 Å². The molecule has 0 aromatic rings. The third kappa shape index (κ3) is 3.74. The highest BCUT2D eigenvalue weighted by Gasteiger charge is 1.51. The summed E-state index contributed by atoms with van der Waals surface area (Å²) in [7, 11) is 2.28. The van der Waals surface area contributed by atoms with Crippen molar-refractivity contribution in [3.8, 4) is 0 Å². The summed E-state index contributed by atoms with van der Waals surface area (Å²) >= 11 is 0.